The number of carbonyl (C=O) groups is 2. The van der Waals surface area contributed by atoms with Gasteiger partial charge in [0.05, 0.1) is 13.2 Å². The molecule has 2 aromatic carbocycles. The molecule has 0 unspecified atom stereocenters. The molecule has 0 saturated heterocycles. The number of rotatable bonds is 6. The Kier molecular flexibility index (Phi) is 5.88. The van der Waals surface area contributed by atoms with Crippen LogP contribution in [-0.2, 0) is 20.7 Å². The van der Waals surface area contributed by atoms with Crippen LogP contribution in [0.25, 0.3) is 0 Å². The third-order valence-electron chi connectivity index (χ3n) is 3.49. The second-order valence-electron chi connectivity index (χ2n) is 5.17. The number of hydrogen-bond donors (Lipinski definition) is 2. The predicted octanol–water partition coefficient (Wildman–Crippen LogP) is 1.59. The van der Waals surface area contributed by atoms with Crippen molar-refractivity contribution < 1.29 is 14.3 Å². The lowest BCUT2D eigenvalue weighted by Crippen LogP contribution is -2.45. The van der Waals surface area contributed by atoms with Crippen molar-refractivity contribution in [2.24, 2.45) is 5.73 Å². The highest BCUT2D eigenvalue weighted by atomic mass is 16.5. The van der Waals surface area contributed by atoms with Gasteiger partial charge in [0.25, 0.3) is 0 Å². The molecule has 0 spiro atoms. The molecule has 0 aliphatic heterocycles. The fourth-order valence-electron chi connectivity index (χ4n) is 2.25. The highest BCUT2D eigenvalue weighted by Crippen LogP contribution is 2.14. The maximum Gasteiger partial charge on any atom is 0.333 e. The first-order valence-electron chi connectivity index (χ1n) is 7.34. The van der Waals surface area contributed by atoms with Crippen LogP contribution in [-0.4, -0.2) is 25.0 Å². The van der Waals surface area contributed by atoms with Gasteiger partial charge in [-0.2, -0.15) is 0 Å². The predicted molar refractivity (Wildman–Crippen MR) is 87.5 cm³/mol. The molecule has 3 N–H and O–H groups in total. The van der Waals surface area contributed by atoms with Crippen molar-refractivity contribution in [3.05, 3.63) is 71.8 Å². The van der Waals surface area contributed by atoms with Gasteiger partial charge in [-0.25, -0.2) is 4.79 Å². The van der Waals surface area contributed by atoms with E-state index in [-0.39, 0.29) is 0 Å². The highest BCUT2D eigenvalue weighted by Gasteiger charge is 2.25. The molecular formula is C18H20N2O3. The van der Waals surface area contributed by atoms with Gasteiger partial charge in [-0.05, 0) is 17.5 Å². The molecule has 23 heavy (non-hydrogen) atoms. The average molecular weight is 312 g/mol. The van der Waals surface area contributed by atoms with Gasteiger partial charge in [-0.1, -0.05) is 60.7 Å². The summed E-state index contributed by atoms with van der Waals surface area (Å²) in [5.74, 6) is -0.926. The van der Waals surface area contributed by atoms with E-state index < -0.39 is 24.0 Å². The first-order valence-corrected chi connectivity index (χ1v) is 7.34. The first-order chi connectivity index (χ1) is 11.1. The van der Waals surface area contributed by atoms with Crippen molar-refractivity contribution in [3.8, 4) is 0 Å². The molecule has 5 nitrogen and oxygen atoms in total. The van der Waals surface area contributed by atoms with Crippen LogP contribution in [0.3, 0.4) is 0 Å². The molecule has 0 aliphatic carbocycles. The Labute approximate surface area is 135 Å². The number of carbonyl (C=O) groups excluding carboxylic acids is 2. The van der Waals surface area contributed by atoms with Crippen LogP contribution < -0.4 is 11.1 Å². The van der Waals surface area contributed by atoms with Gasteiger partial charge in [0, 0.05) is 0 Å². The monoisotopic (exact) mass is 312 g/mol. The SMILES string of the molecule is COC(=O)[C@@H](NC(=O)[C@@H](N)Cc1ccccc1)c1ccccc1. The van der Waals surface area contributed by atoms with E-state index in [1.54, 1.807) is 24.3 Å². The summed E-state index contributed by atoms with van der Waals surface area (Å²) in [4.78, 5) is 24.3. The van der Waals surface area contributed by atoms with E-state index in [9.17, 15) is 9.59 Å². The van der Waals surface area contributed by atoms with Crippen molar-refractivity contribution >= 4 is 11.9 Å². The summed E-state index contributed by atoms with van der Waals surface area (Å²) in [7, 11) is 1.29. The zero-order chi connectivity index (χ0) is 16.7. The normalized spacial score (nSPS) is 13.0. The Hall–Kier alpha value is -2.66. The Morgan fingerprint density at radius 1 is 1.04 bits per heavy atom. The molecule has 5 heteroatoms. The minimum atomic E-state index is -0.865. The van der Waals surface area contributed by atoms with Crippen LogP contribution in [0.4, 0.5) is 0 Å². The topological polar surface area (TPSA) is 81.4 Å². The molecule has 0 fully saturated rings. The molecule has 2 aromatic rings. The van der Waals surface area contributed by atoms with Gasteiger partial charge in [-0.3, -0.25) is 4.79 Å². The summed E-state index contributed by atoms with van der Waals surface area (Å²) in [6.07, 6.45) is 0.398. The van der Waals surface area contributed by atoms with Gasteiger partial charge >= 0.3 is 5.97 Å². The van der Waals surface area contributed by atoms with Gasteiger partial charge in [-0.15, -0.1) is 0 Å². The Morgan fingerprint density at radius 3 is 2.17 bits per heavy atom. The van der Waals surface area contributed by atoms with Crippen molar-refractivity contribution in [2.75, 3.05) is 7.11 Å². The summed E-state index contributed by atoms with van der Waals surface area (Å²) < 4.78 is 4.77. The minimum Gasteiger partial charge on any atom is -0.467 e. The van der Waals surface area contributed by atoms with E-state index in [4.69, 9.17) is 10.5 Å². The maximum absolute atomic E-state index is 12.3. The summed E-state index contributed by atoms with van der Waals surface area (Å²) in [5.41, 5.74) is 7.57. The maximum atomic E-state index is 12.3. The summed E-state index contributed by atoms with van der Waals surface area (Å²) >= 11 is 0. The molecule has 1 amide bonds. The summed E-state index contributed by atoms with van der Waals surface area (Å²) in [5, 5.41) is 2.67. The van der Waals surface area contributed by atoms with Gasteiger partial charge in [0.15, 0.2) is 6.04 Å². The minimum absolute atomic E-state index is 0.395. The molecular weight excluding hydrogens is 292 g/mol. The largest absolute Gasteiger partial charge is 0.467 e. The quantitative estimate of drug-likeness (QED) is 0.794. The lowest BCUT2D eigenvalue weighted by molar-refractivity contribution is -0.145. The van der Waals surface area contributed by atoms with E-state index in [1.807, 2.05) is 36.4 Å². The molecule has 0 saturated carbocycles. The van der Waals surface area contributed by atoms with E-state index in [0.717, 1.165) is 5.56 Å². The van der Waals surface area contributed by atoms with Crippen molar-refractivity contribution in [1.82, 2.24) is 5.32 Å². The fraction of sp³-hybridized carbons (Fsp3) is 0.222. The van der Waals surface area contributed by atoms with Crippen LogP contribution in [0.5, 0.6) is 0 Å². The van der Waals surface area contributed by atoms with E-state index in [1.165, 1.54) is 7.11 Å². The third-order valence-corrected chi connectivity index (χ3v) is 3.49. The van der Waals surface area contributed by atoms with Crippen molar-refractivity contribution in [1.29, 1.82) is 0 Å². The number of methoxy groups -OCH3 is 1. The third kappa shape index (κ3) is 4.66. The highest BCUT2D eigenvalue weighted by molar-refractivity contribution is 5.88. The second kappa shape index (κ2) is 8.10. The summed E-state index contributed by atoms with van der Waals surface area (Å²) in [6, 6.07) is 16.8. The number of benzene rings is 2. The smallest absolute Gasteiger partial charge is 0.333 e. The van der Waals surface area contributed by atoms with Crippen LogP contribution >= 0.6 is 0 Å². The molecule has 2 rings (SSSR count). The number of nitrogens with one attached hydrogen (secondary N) is 1. The molecule has 0 heterocycles. The first kappa shape index (κ1) is 16.7. The number of ether oxygens (including phenoxy) is 1. The molecule has 2 atom stereocenters. The standard InChI is InChI=1S/C18H20N2O3/c1-23-18(22)16(14-10-6-3-7-11-14)20-17(21)15(19)12-13-8-4-2-5-9-13/h2-11,15-16H,12,19H2,1H3,(H,20,21)/t15-,16-/m0/s1. The Balaban J connectivity index is 2.07. The number of esters is 1. The van der Waals surface area contributed by atoms with Crippen LogP contribution in [0, 0.1) is 0 Å². The lowest BCUT2D eigenvalue weighted by Gasteiger charge is -2.19. The Morgan fingerprint density at radius 2 is 1.61 bits per heavy atom. The van der Waals surface area contributed by atoms with Crippen LogP contribution in [0.15, 0.2) is 60.7 Å². The van der Waals surface area contributed by atoms with E-state index >= 15 is 0 Å². The molecule has 0 radical (unpaired) electrons. The van der Waals surface area contributed by atoms with E-state index in [2.05, 4.69) is 5.32 Å². The summed E-state index contributed by atoms with van der Waals surface area (Å²) in [6.45, 7) is 0. The molecule has 120 valence electrons. The van der Waals surface area contributed by atoms with Gasteiger partial charge in [0.1, 0.15) is 0 Å². The van der Waals surface area contributed by atoms with Gasteiger partial charge < -0.3 is 15.8 Å². The lowest BCUT2D eigenvalue weighted by atomic mass is 10.0. The van der Waals surface area contributed by atoms with Crippen molar-refractivity contribution in [2.45, 2.75) is 18.5 Å². The van der Waals surface area contributed by atoms with Gasteiger partial charge in [0.2, 0.25) is 5.91 Å². The average Bonchev–Trinajstić information content (AvgIpc) is 2.60. The molecule has 0 bridgehead atoms. The Bertz CT molecular complexity index is 644. The van der Waals surface area contributed by atoms with Crippen LogP contribution in [0.2, 0.25) is 0 Å². The molecule has 0 aromatic heterocycles. The molecule has 0 aliphatic rings. The second-order valence-corrected chi connectivity index (χ2v) is 5.17. The number of hydrogen-bond acceptors (Lipinski definition) is 4. The van der Waals surface area contributed by atoms with Crippen molar-refractivity contribution in [3.63, 3.8) is 0 Å². The zero-order valence-corrected chi connectivity index (χ0v) is 12.9. The van der Waals surface area contributed by atoms with Crippen LogP contribution in [0.1, 0.15) is 17.2 Å². The number of nitrogens with two attached hydrogens (primary N) is 1. The van der Waals surface area contributed by atoms with E-state index in [0.29, 0.717) is 12.0 Å². The number of amides is 1. The zero-order valence-electron chi connectivity index (χ0n) is 12.9. The fourth-order valence-corrected chi connectivity index (χ4v) is 2.25.